The van der Waals surface area contributed by atoms with Crippen LogP contribution in [0.25, 0.3) is 42.8 Å². The fourth-order valence-corrected chi connectivity index (χ4v) is 6.08. The molecule has 6 aromatic rings. The Morgan fingerprint density at radius 1 is 1.12 bits per heavy atom. The van der Waals surface area contributed by atoms with Crippen LogP contribution < -0.4 is 15.8 Å². The summed E-state index contributed by atoms with van der Waals surface area (Å²) in [6.07, 6.45) is 8.22. The molecule has 6 rings (SSSR count). The van der Waals surface area contributed by atoms with Gasteiger partial charge in [0.25, 0.3) is 0 Å². The first-order valence-electron chi connectivity index (χ1n) is 13.3. The van der Waals surface area contributed by atoms with Crippen LogP contribution in [-0.2, 0) is 18.4 Å². The quantitative estimate of drug-likeness (QED) is 0.195. The van der Waals surface area contributed by atoms with Gasteiger partial charge in [0.1, 0.15) is 5.82 Å². The second kappa shape index (κ2) is 11.5. The molecular formula is C32H26FN7O2S. The summed E-state index contributed by atoms with van der Waals surface area (Å²) in [5, 5.41) is 7.83. The molecule has 43 heavy (non-hydrogen) atoms. The molecule has 0 spiro atoms. The van der Waals surface area contributed by atoms with Gasteiger partial charge in [0.15, 0.2) is 11.6 Å². The second-order valence-corrected chi connectivity index (χ2v) is 10.8. The van der Waals surface area contributed by atoms with Crippen LogP contribution in [0.1, 0.15) is 11.3 Å². The summed E-state index contributed by atoms with van der Waals surface area (Å²) >= 11 is 1.54. The Labute approximate surface area is 250 Å². The van der Waals surface area contributed by atoms with E-state index in [1.807, 2.05) is 37.5 Å². The van der Waals surface area contributed by atoms with Crippen molar-refractivity contribution in [2.45, 2.75) is 13.5 Å². The zero-order chi connectivity index (χ0) is 30.1. The van der Waals surface area contributed by atoms with Crippen LogP contribution >= 0.6 is 11.3 Å². The number of ether oxygens (including phenoxy) is 1. The lowest BCUT2D eigenvalue weighted by Gasteiger charge is -2.11. The summed E-state index contributed by atoms with van der Waals surface area (Å²) in [7, 11) is 1.85. The van der Waals surface area contributed by atoms with Crippen molar-refractivity contribution in [1.82, 2.24) is 30.0 Å². The predicted octanol–water partition coefficient (Wildman–Crippen LogP) is 6.45. The molecule has 0 atom stereocenters. The Balaban J connectivity index is 1.49. The maximum Gasteiger partial charge on any atom is 0.322 e. The zero-order valence-electron chi connectivity index (χ0n) is 23.3. The van der Waals surface area contributed by atoms with Gasteiger partial charge in [0, 0.05) is 69.5 Å². The first-order valence-corrected chi connectivity index (χ1v) is 14.1. The van der Waals surface area contributed by atoms with Crippen LogP contribution in [0.15, 0.2) is 86.0 Å². The largest absolute Gasteiger partial charge is 0.421 e. The van der Waals surface area contributed by atoms with Gasteiger partial charge in [0.2, 0.25) is 5.91 Å². The van der Waals surface area contributed by atoms with Gasteiger partial charge in [-0.25, -0.2) is 19.3 Å². The number of thiophene rings is 1. The molecule has 0 bridgehead atoms. The van der Waals surface area contributed by atoms with Gasteiger partial charge >= 0.3 is 6.01 Å². The first-order chi connectivity index (χ1) is 20.8. The van der Waals surface area contributed by atoms with Gasteiger partial charge < -0.3 is 15.8 Å². The van der Waals surface area contributed by atoms with E-state index in [1.54, 1.807) is 59.7 Å². The van der Waals surface area contributed by atoms with E-state index in [9.17, 15) is 4.79 Å². The molecule has 0 saturated carbocycles. The van der Waals surface area contributed by atoms with E-state index in [0.717, 1.165) is 42.8 Å². The number of aromatic nitrogens is 5. The summed E-state index contributed by atoms with van der Waals surface area (Å²) in [5.74, 6) is -0.484. The number of rotatable bonds is 8. The molecule has 214 valence electrons. The molecule has 0 aliphatic heterocycles. The zero-order valence-corrected chi connectivity index (χ0v) is 24.2. The summed E-state index contributed by atoms with van der Waals surface area (Å²) in [6.45, 7) is 5.66. The van der Waals surface area contributed by atoms with E-state index < -0.39 is 5.82 Å². The summed E-state index contributed by atoms with van der Waals surface area (Å²) < 4.78 is 23.8. The third-order valence-electron chi connectivity index (χ3n) is 6.82. The number of aryl methyl sites for hydroxylation is 2. The molecule has 1 amide bonds. The maximum atomic E-state index is 15.6. The molecule has 4 aromatic heterocycles. The van der Waals surface area contributed by atoms with Crippen molar-refractivity contribution in [1.29, 1.82) is 0 Å². The lowest BCUT2D eigenvalue weighted by molar-refractivity contribution is -0.116. The number of anilines is 1. The van der Waals surface area contributed by atoms with Crippen molar-refractivity contribution >= 4 is 33.1 Å². The Kier molecular flexibility index (Phi) is 7.39. The van der Waals surface area contributed by atoms with Gasteiger partial charge in [-0.15, -0.1) is 11.3 Å². The molecule has 4 heterocycles. The Morgan fingerprint density at radius 3 is 2.60 bits per heavy atom. The number of amides is 1. The third-order valence-corrected chi connectivity index (χ3v) is 8.09. The Bertz CT molecular complexity index is 2000. The number of nitrogens with zero attached hydrogens (tertiary/aromatic N) is 5. The molecule has 9 nitrogen and oxygen atoms in total. The van der Waals surface area contributed by atoms with E-state index in [0.29, 0.717) is 23.6 Å². The monoisotopic (exact) mass is 591 g/mol. The van der Waals surface area contributed by atoms with Crippen LogP contribution in [0.2, 0.25) is 0 Å². The maximum absolute atomic E-state index is 15.6. The number of benzene rings is 2. The minimum Gasteiger partial charge on any atom is -0.421 e. The molecule has 0 saturated heterocycles. The van der Waals surface area contributed by atoms with Crippen molar-refractivity contribution in [2.24, 2.45) is 7.05 Å². The molecule has 0 aliphatic carbocycles. The van der Waals surface area contributed by atoms with Gasteiger partial charge in [-0.1, -0.05) is 36.9 Å². The molecule has 0 unspecified atom stereocenters. The van der Waals surface area contributed by atoms with Crippen molar-refractivity contribution in [3.05, 3.63) is 103 Å². The van der Waals surface area contributed by atoms with Crippen LogP contribution in [0, 0.1) is 12.7 Å². The number of fused-ring (bicyclic) bond motifs is 1. The van der Waals surface area contributed by atoms with Crippen LogP contribution in [0.5, 0.6) is 11.8 Å². The van der Waals surface area contributed by atoms with Crippen molar-refractivity contribution < 1.29 is 13.9 Å². The molecular weight excluding hydrogens is 565 g/mol. The Hall–Kier alpha value is -5.42. The average molecular weight is 592 g/mol. The van der Waals surface area contributed by atoms with Gasteiger partial charge in [-0.2, -0.15) is 5.10 Å². The highest BCUT2D eigenvalue weighted by atomic mass is 32.1. The molecule has 0 aliphatic rings. The predicted molar refractivity (Wildman–Crippen MR) is 166 cm³/mol. The van der Waals surface area contributed by atoms with Gasteiger partial charge in [-0.05, 0) is 47.9 Å². The van der Waals surface area contributed by atoms with Gasteiger partial charge in [0.05, 0.1) is 6.20 Å². The van der Waals surface area contributed by atoms with Gasteiger partial charge in [-0.3, -0.25) is 9.48 Å². The summed E-state index contributed by atoms with van der Waals surface area (Å²) in [5.41, 5.74) is 12.2. The van der Waals surface area contributed by atoms with E-state index in [4.69, 9.17) is 10.5 Å². The fraction of sp³-hybridized carbons (Fsp3) is 0.0938. The van der Waals surface area contributed by atoms with E-state index in [2.05, 4.69) is 31.9 Å². The summed E-state index contributed by atoms with van der Waals surface area (Å²) in [6, 6.07) is 14.4. The molecule has 0 fully saturated rings. The minimum atomic E-state index is -0.573. The molecule has 0 radical (unpaired) electrons. The van der Waals surface area contributed by atoms with Crippen LogP contribution in [-0.4, -0.2) is 30.6 Å². The lowest BCUT2D eigenvalue weighted by atomic mass is 9.97. The number of nitrogen functional groups attached to an aromatic ring is 1. The number of pyridine rings is 1. The van der Waals surface area contributed by atoms with E-state index >= 15 is 4.39 Å². The highest BCUT2D eigenvalue weighted by Gasteiger charge is 2.23. The summed E-state index contributed by atoms with van der Waals surface area (Å²) in [4.78, 5) is 25.3. The lowest BCUT2D eigenvalue weighted by Crippen LogP contribution is -2.19. The Morgan fingerprint density at radius 2 is 1.91 bits per heavy atom. The number of hydrogen-bond acceptors (Lipinski definition) is 8. The number of carbonyl (C=O) groups excluding carboxylic acids is 1. The highest BCUT2D eigenvalue weighted by Crippen LogP contribution is 2.49. The van der Waals surface area contributed by atoms with Crippen molar-refractivity contribution in [3.8, 4) is 44.5 Å². The number of halogens is 1. The van der Waals surface area contributed by atoms with E-state index in [1.165, 1.54) is 12.1 Å². The standard InChI is InChI=1S/C32H26FN7O2S/c1-4-26(41)36-14-19-5-7-20(8-6-19)29-27(21-9-10-25(24(33)13-21)42-32-35-12-11-18(2)39-32)28-30(43-29)23(16-37-31(28)34)22-15-38-40(3)17-22/h4-13,15-17H,1,14H2,2-3H3,(H2,34,37)(H,36,41). The topological polar surface area (TPSA) is 121 Å². The smallest absolute Gasteiger partial charge is 0.322 e. The molecule has 11 heteroatoms. The van der Waals surface area contributed by atoms with Crippen LogP contribution in [0.3, 0.4) is 0 Å². The minimum absolute atomic E-state index is 0.00325. The number of carbonyl (C=O) groups is 1. The molecule has 2 aromatic carbocycles. The number of nitrogens with one attached hydrogen (secondary N) is 1. The fourth-order valence-electron chi connectivity index (χ4n) is 4.71. The third kappa shape index (κ3) is 5.57. The SMILES string of the molecule is C=CC(=O)NCc1ccc(-c2sc3c(-c4cnn(C)c4)cnc(N)c3c2-c2ccc(Oc3nccc(C)n3)c(F)c2)cc1. The van der Waals surface area contributed by atoms with Crippen molar-refractivity contribution in [3.63, 3.8) is 0 Å². The number of nitrogens with two attached hydrogens (primary N) is 1. The van der Waals surface area contributed by atoms with E-state index in [-0.39, 0.29) is 17.7 Å². The van der Waals surface area contributed by atoms with Crippen LogP contribution in [0.4, 0.5) is 10.2 Å². The van der Waals surface area contributed by atoms with Crippen molar-refractivity contribution in [2.75, 3.05) is 5.73 Å². The first kappa shape index (κ1) is 27.7. The molecule has 3 N–H and O–H groups in total. The normalized spacial score (nSPS) is 11.0. The average Bonchev–Trinajstić information content (AvgIpc) is 3.62. The second-order valence-electron chi connectivity index (χ2n) is 9.82. The number of hydrogen-bond donors (Lipinski definition) is 2. The highest BCUT2D eigenvalue weighted by molar-refractivity contribution is 7.23.